The normalized spacial score (nSPS) is 23.1. The Kier molecular flexibility index (Phi) is 11.5. The molecule has 3 aliphatic rings. The maximum absolute atomic E-state index is 15.0. The quantitative estimate of drug-likeness (QED) is 0.238. The Balaban J connectivity index is 1.03. The first kappa shape index (κ1) is 33.7. The lowest BCUT2D eigenvalue weighted by atomic mass is 9.92. The van der Waals surface area contributed by atoms with Crippen molar-refractivity contribution in [3.8, 4) is 5.75 Å². The first-order valence-corrected chi connectivity index (χ1v) is 16.4. The van der Waals surface area contributed by atoms with Gasteiger partial charge < -0.3 is 35.0 Å². The summed E-state index contributed by atoms with van der Waals surface area (Å²) in [5, 5.41) is 39.8. The lowest BCUT2D eigenvalue weighted by molar-refractivity contribution is -0.130. The van der Waals surface area contributed by atoms with Crippen LogP contribution in [0.3, 0.4) is 0 Å². The van der Waals surface area contributed by atoms with Gasteiger partial charge in [-0.1, -0.05) is 17.7 Å². The molecule has 45 heavy (non-hydrogen) atoms. The van der Waals surface area contributed by atoms with E-state index in [0.29, 0.717) is 54.4 Å². The molecule has 0 aliphatic carbocycles. The number of aromatic nitrogens is 2. The number of β-amino-alcohol motifs (C(OH)–C–C–N with tert-alkyl or cyclic N) is 1. The standard InChI is InChI=1S/C32H45ClFN5O6/c33-24-17-35-31(36-18-24)37-11-6-22(7-12-37)3-1-14-45-25-5-4-23(26(34)16-25)15-29(43)38-13-9-32(21-38)8-2-10-39(32)19-27(41)30(44)28(42)20-40/h4-5,16-18,22,27-28,30,40-42,44H,1-3,6-15,19-21H2. The van der Waals surface area contributed by atoms with Crippen LogP contribution in [0.15, 0.2) is 30.6 Å². The molecule has 3 aliphatic heterocycles. The first-order valence-electron chi connectivity index (χ1n) is 16.0. The smallest absolute Gasteiger partial charge is 0.227 e. The fourth-order valence-electron chi connectivity index (χ4n) is 7.00. The predicted octanol–water partition coefficient (Wildman–Crippen LogP) is 2.03. The minimum Gasteiger partial charge on any atom is -0.493 e. The van der Waals surface area contributed by atoms with Crippen molar-refractivity contribution >= 4 is 23.5 Å². The second-order valence-corrected chi connectivity index (χ2v) is 13.1. The van der Waals surface area contributed by atoms with E-state index in [2.05, 4.69) is 19.8 Å². The van der Waals surface area contributed by atoms with Gasteiger partial charge >= 0.3 is 0 Å². The lowest BCUT2D eigenvalue weighted by Crippen LogP contribution is -2.53. The number of amides is 1. The zero-order valence-corrected chi connectivity index (χ0v) is 26.4. The molecular formula is C32H45ClFN5O6. The molecule has 4 N–H and O–H groups in total. The first-order chi connectivity index (χ1) is 21.7. The minimum absolute atomic E-state index is 0.0496. The highest BCUT2D eigenvalue weighted by molar-refractivity contribution is 6.30. The Bertz CT molecular complexity index is 1270. The van der Waals surface area contributed by atoms with Crippen LogP contribution in [0, 0.1) is 11.7 Å². The number of hydrogen-bond donors (Lipinski definition) is 4. The number of anilines is 1. The molecule has 1 aromatic carbocycles. The summed E-state index contributed by atoms with van der Waals surface area (Å²) in [5.74, 6) is 1.14. The number of aliphatic hydroxyl groups excluding tert-OH is 4. The van der Waals surface area contributed by atoms with Crippen molar-refractivity contribution in [3.63, 3.8) is 0 Å². The van der Waals surface area contributed by atoms with E-state index >= 15 is 0 Å². The molecule has 13 heteroatoms. The van der Waals surface area contributed by atoms with Gasteiger partial charge in [0.2, 0.25) is 11.9 Å². The van der Waals surface area contributed by atoms with Crippen LogP contribution in [0.25, 0.3) is 0 Å². The Hall–Kier alpha value is -2.61. The fraction of sp³-hybridized carbons (Fsp3) is 0.656. The van der Waals surface area contributed by atoms with Crippen LogP contribution in [0.1, 0.15) is 50.5 Å². The molecule has 0 radical (unpaired) electrons. The molecule has 4 heterocycles. The Morgan fingerprint density at radius 1 is 1.09 bits per heavy atom. The average molecular weight is 650 g/mol. The summed E-state index contributed by atoms with van der Waals surface area (Å²) in [6.45, 7) is 3.50. The number of rotatable bonds is 13. The van der Waals surface area contributed by atoms with Crippen molar-refractivity contribution in [3.05, 3.63) is 47.0 Å². The molecular weight excluding hydrogens is 605 g/mol. The summed E-state index contributed by atoms with van der Waals surface area (Å²) in [6, 6.07) is 4.69. The zero-order chi connectivity index (χ0) is 32.0. The molecule has 5 rings (SSSR count). The molecule has 3 fully saturated rings. The topological polar surface area (TPSA) is 143 Å². The highest BCUT2D eigenvalue weighted by Crippen LogP contribution is 2.38. The van der Waals surface area contributed by atoms with Crippen molar-refractivity contribution in [2.75, 3.05) is 57.4 Å². The third-order valence-electron chi connectivity index (χ3n) is 9.70. The van der Waals surface area contributed by atoms with Gasteiger partial charge in [-0.25, -0.2) is 14.4 Å². The number of benzene rings is 1. The summed E-state index contributed by atoms with van der Waals surface area (Å²) in [7, 11) is 0. The molecule has 0 bridgehead atoms. The predicted molar refractivity (Wildman–Crippen MR) is 167 cm³/mol. The van der Waals surface area contributed by atoms with Crippen molar-refractivity contribution in [2.45, 2.75) is 75.2 Å². The fourth-order valence-corrected chi connectivity index (χ4v) is 7.09. The van der Waals surface area contributed by atoms with Crippen molar-refractivity contribution < 1.29 is 34.3 Å². The molecule has 3 saturated heterocycles. The van der Waals surface area contributed by atoms with E-state index in [0.717, 1.165) is 58.0 Å². The summed E-state index contributed by atoms with van der Waals surface area (Å²) in [4.78, 5) is 27.8. The van der Waals surface area contributed by atoms with E-state index in [1.807, 2.05) is 0 Å². The highest BCUT2D eigenvalue weighted by atomic mass is 35.5. The van der Waals surface area contributed by atoms with Crippen LogP contribution in [-0.4, -0.2) is 122 Å². The van der Waals surface area contributed by atoms with E-state index in [4.69, 9.17) is 21.4 Å². The van der Waals surface area contributed by atoms with E-state index in [-0.39, 0.29) is 24.4 Å². The molecule has 11 nitrogen and oxygen atoms in total. The van der Waals surface area contributed by atoms with Gasteiger partial charge in [-0.15, -0.1) is 0 Å². The van der Waals surface area contributed by atoms with Crippen molar-refractivity contribution in [1.29, 1.82) is 0 Å². The SMILES string of the molecule is O=C(Cc1ccc(OCCCC2CCN(c3ncc(Cl)cn3)CC2)cc1F)N1CCC2(CCCN2CC(O)C(O)C(O)CO)C1. The Morgan fingerprint density at radius 3 is 2.56 bits per heavy atom. The number of carbonyl (C=O) groups excluding carboxylic acids is 1. The number of piperidine rings is 1. The van der Waals surface area contributed by atoms with Crippen LogP contribution >= 0.6 is 11.6 Å². The van der Waals surface area contributed by atoms with Gasteiger partial charge in [-0.2, -0.15) is 0 Å². The highest BCUT2D eigenvalue weighted by Gasteiger charge is 2.48. The van der Waals surface area contributed by atoms with Gasteiger partial charge in [0, 0.05) is 44.3 Å². The number of likely N-dealkylation sites (tertiary alicyclic amines) is 2. The van der Waals surface area contributed by atoms with Gasteiger partial charge in [0.15, 0.2) is 0 Å². The molecule has 1 aromatic heterocycles. The molecule has 248 valence electrons. The summed E-state index contributed by atoms with van der Waals surface area (Å²) in [6.07, 6.45) is 5.55. The second kappa shape index (κ2) is 15.3. The van der Waals surface area contributed by atoms with Gasteiger partial charge in [-0.05, 0) is 69.0 Å². The van der Waals surface area contributed by atoms with Gasteiger partial charge in [0.1, 0.15) is 23.8 Å². The van der Waals surface area contributed by atoms with Crippen LogP contribution < -0.4 is 9.64 Å². The lowest BCUT2D eigenvalue weighted by Gasteiger charge is -2.37. The van der Waals surface area contributed by atoms with E-state index in [9.17, 15) is 24.5 Å². The number of carbonyl (C=O) groups is 1. The number of halogens is 2. The summed E-state index contributed by atoms with van der Waals surface area (Å²) < 4.78 is 20.8. The Morgan fingerprint density at radius 2 is 1.84 bits per heavy atom. The molecule has 2 aromatic rings. The second-order valence-electron chi connectivity index (χ2n) is 12.7. The monoisotopic (exact) mass is 649 g/mol. The number of nitrogens with zero attached hydrogens (tertiary/aromatic N) is 5. The van der Waals surface area contributed by atoms with Gasteiger partial charge in [0.05, 0.1) is 43.2 Å². The molecule has 1 amide bonds. The molecule has 0 saturated carbocycles. The zero-order valence-electron chi connectivity index (χ0n) is 25.6. The third-order valence-corrected chi connectivity index (χ3v) is 9.90. The van der Waals surface area contributed by atoms with E-state index in [1.165, 1.54) is 6.07 Å². The maximum atomic E-state index is 15.0. The Labute approximate surface area is 268 Å². The van der Waals surface area contributed by atoms with Gasteiger partial charge in [0.25, 0.3) is 0 Å². The van der Waals surface area contributed by atoms with Crippen molar-refractivity contribution in [1.82, 2.24) is 19.8 Å². The van der Waals surface area contributed by atoms with Crippen LogP contribution in [-0.2, 0) is 11.2 Å². The molecule has 1 spiro atoms. The van der Waals surface area contributed by atoms with Crippen LogP contribution in [0.4, 0.5) is 10.3 Å². The summed E-state index contributed by atoms with van der Waals surface area (Å²) in [5.41, 5.74) is 0.00310. The summed E-state index contributed by atoms with van der Waals surface area (Å²) >= 11 is 5.89. The van der Waals surface area contributed by atoms with Crippen LogP contribution in [0.2, 0.25) is 5.02 Å². The molecule has 4 unspecified atom stereocenters. The largest absolute Gasteiger partial charge is 0.493 e. The van der Waals surface area contributed by atoms with E-state index < -0.39 is 30.7 Å². The number of aliphatic hydroxyl groups is 4. The third kappa shape index (κ3) is 8.41. The molecule has 4 atom stereocenters. The van der Waals surface area contributed by atoms with E-state index in [1.54, 1.807) is 29.4 Å². The maximum Gasteiger partial charge on any atom is 0.227 e. The number of hydrogen-bond acceptors (Lipinski definition) is 10. The van der Waals surface area contributed by atoms with Gasteiger partial charge in [-0.3, -0.25) is 9.69 Å². The van der Waals surface area contributed by atoms with Crippen LogP contribution in [0.5, 0.6) is 5.75 Å². The minimum atomic E-state index is -1.46. The average Bonchev–Trinajstić information content (AvgIpc) is 3.66. The van der Waals surface area contributed by atoms with Crippen molar-refractivity contribution in [2.24, 2.45) is 5.92 Å². The number of ether oxygens (including phenoxy) is 1.